The van der Waals surface area contributed by atoms with Gasteiger partial charge >= 0.3 is 0 Å². The van der Waals surface area contributed by atoms with Crippen LogP contribution in [0.3, 0.4) is 0 Å². The normalized spacial score (nSPS) is 20.1. The van der Waals surface area contributed by atoms with E-state index in [-0.39, 0.29) is 18.0 Å². The number of hydrogen-bond donors (Lipinski definition) is 3. The van der Waals surface area contributed by atoms with Crippen LogP contribution in [0.25, 0.3) is 0 Å². The Morgan fingerprint density at radius 2 is 1.77 bits per heavy atom. The van der Waals surface area contributed by atoms with Crippen LogP contribution >= 0.6 is 0 Å². The lowest BCUT2D eigenvalue weighted by Gasteiger charge is -2.41. The van der Waals surface area contributed by atoms with Gasteiger partial charge in [-0.1, -0.05) is 82.0 Å². The Labute approximate surface area is 211 Å². The van der Waals surface area contributed by atoms with Crippen LogP contribution in [0.4, 0.5) is 5.69 Å². The summed E-state index contributed by atoms with van der Waals surface area (Å²) in [5, 5.41) is 14.6. The predicted octanol–water partition coefficient (Wildman–Crippen LogP) is 5.51. The quantitative estimate of drug-likeness (QED) is 0.328. The Bertz CT molecular complexity index is 969. The summed E-state index contributed by atoms with van der Waals surface area (Å²) in [4.78, 5) is 15.4. The molecule has 190 valence electrons. The van der Waals surface area contributed by atoms with Gasteiger partial charge in [0.1, 0.15) is 11.9 Å². The Hall–Kier alpha value is -2.83. The molecule has 0 spiro atoms. The van der Waals surface area contributed by atoms with Gasteiger partial charge in [0.05, 0.1) is 12.1 Å². The first-order chi connectivity index (χ1) is 16.9. The molecular formula is C29H42N4O2. The van der Waals surface area contributed by atoms with Gasteiger partial charge in [-0.2, -0.15) is 0 Å². The van der Waals surface area contributed by atoms with Crippen LogP contribution in [0.15, 0.2) is 60.3 Å². The first-order valence-corrected chi connectivity index (χ1v) is 13.1. The minimum atomic E-state index is -0.599. The number of aliphatic hydroxyl groups excluding tert-OH is 1. The molecule has 0 bridgehead atoms. The number of hydrogen-bond acceptors (Lipinski definition) is 5. The molecule has 2 aromatic rings. The number of anilines is 1. The molecule has 4 rings (SSSR count). The first kappa shape index (κ1) is 26.8. The molecule has 2 heterocycles. The fourth-order valence-corrected chi connectivity index (χ4v) is 4.65. The van der Waals surface area contributed by atoms with E-state index in [2.05, 4.69) is 59.9 Å². The average Bonchev–Trinajstić information content (AvgIpc) is 3.31. The molecule has 0 radical (unpaired) electrons. The molecule has 2 aliphatic heterocycles. The van der Waals surface area contributed by atoms with E-state index in [0.717, 1.165) is 29.8 Å². The van der Waals surface area contributed by atoms with E-state index in [1.165, 1.54) is 24.0 Å². The zero-order valence-corrected chi connectivity index (χ0v) is 21.9. The molecule has 2 aliphatic rings. The predicted molar refractivity (Wildman–Crippen MR) is 143 cm³/mol. The van der Waals surface area contributed by atoms with Crippen molar-refractivity contribution in [3.63, 3.8) is 0 Å². The maximum Gasteiger partial charge on any atom is 0.271 e. The molecule has 2 aromatic carbocycles. The smallest absolute Gasteiger partial charge is 0.271 e. The van der Waals surface area contributed by atoms with Crippen molar-refractivity contribution in [1.82, 2.24) is 15.3 Å². The van der Waals surface area contributed by atoms with Crippen LogP contribution in [0.2, 0.25) is 0 Å². The highest BCUT2D eigenvalue weighted by atomic mass is 16.3. The van der Waals surface area contributed by atoms with E-state index >= 15 is 0 Å². The monoisotopic (exact) mass is 478 g/mol. The van der Waals surface area contributed by atoms with Crippen LogP contribution in [0.1, 0.15) is 76.1 Å². The number of carbonyl (C=O) groups excluding carboxylic acids is 1. The lowest BCUT2D eigenvalue weighted by molar-refractivity contribution is -0.135. The Kier molecular flexibility index (Phi) is 9.75. The fraction of sp³-hybridized carbons (Fsp3) is 0.483. The Morgan fingerprint density at radius 1 is 1.09 bits per heavy atom. The minimum absolute atomic E-state index is 0.0176. The summed E-state index contributed by atoms with van der Waals surface area (Å²) in [5.41, 5.74) is 8.73. The number of rotatable bonds is 9. The standard InChI is InChI=1S/C27H36N4O2.C2H6/c1-4-5-6-7-24-18-30(17-21-10-14-23(15-11-21)28-20(3)32)27(33)26-16-25(29-31(24)26)22-12-8-19(2)9-13-22;1-2/h8-16,20,24-25,28-29,32H,4-7,17-18H2,1-3H3;1-2H3. The van der Waals surface area contributed by atoms with Gasteiger partial charge in [0.2, 0.25) is 0 Å². The van der Waals surface area contributed by atoms with E-state index in [4.69, 9.17) is 0 Å². The third kappa shape index (κ3) is 6.86. The van der Waals surface area contributed by atoms with Crippen molar-refractivity contribution in [3.8, 4) is 0 Å². The van der Waals surface area contributed by atoms with Crippen LogP contribution in [-0.2, 0) is 11.3 Å². The van der Waals surface area contributed by atoms with E-state index in [9.17, 15) is 9.90 Å². The van der Waals surface area contributed by atoms with Crippen molar-refractivity contribution in [2.24, 2.45) is 0 Å². The van der Waals surface area contributed by atoms with Crippen molar-refractivity contribution in [1.29, 1.82) is 0 Å². The van der Waals surface area contributed by atoms with E-state index in [1.807, 2.05) is 43.0 Å². The number of piperazine rings is 1. The van der Waals surface area contributed by atoms with Crippen LogP contribution in [-0.4, -0.2) is 39.7 Å². The molecule has 3 unspecified atom stereocenters. The van der Waals surface area contributed by atoms with E-state index < -0.39 is 6.23 Å². The summed E-state index contributed by atoms with van der Waals surface area (Å²) in [6, 6.07) is 16.7. The molecule has 3 atom stereocenters. The molecule has 0 aliphatic carbocycles. The zero-order valence-electron chi connectivity index (χ0n) is 21.9. The molecule has 0 aromatic heterocycles. The summed E-state index contributed by atoms with van der Waals surface area (Å²) in [6.07, 6.45) is 6.09. The highest BCUT2D eigenvalue weighted by molar-refractivity contribution is 5.94. The number of aliphatic hydroxyl groups is 1. The number of unbranched alkanes of at least 4 members (excludes halogenated alkanes) is 2. The van der Waals surface area contributed by atoms with E-state index in [0.29, 0.717) is 13.1 Å². The average molecular weight is 479 g/mol. The SMILES string of the molecule is CC.CCCCCC1CN(Cc2ccc(NC(C)O)cc2)C(=O)C2=CC(c3ccc(C)cc3)NN21. The fourth-order valence-electron chi connectivity index (χ4n) is 4.65. The highest BCUT2D eigenvalue weighted by Gasteiger charge is 2.40. The topological polar surface area (TPSA) is 67.8 Å². The zero-order chi connectivity index (χ0) is 25.4. The highest BCUT2D eigenvalue weighted by Crippen LogP contribution is 2.33. The van der Waals surface area contributed by atoms with Crippen molar-refractivity contribution in [3.05, 3.63) is 77.0 Å². The second kappa shape index (κ2) is 12.8. The number of benzene rings is 2. The van der Waals surface area contributed by atoms with Gasteiger partial charge in [0.25, 0.3) is 5.91 Å². The summed E-state index contributed by atoms with van der Waals surface area (Å²) in [6.45, 7) is 11.3. The minimum Gasteiger partial charge on any atom is -0.374 e. The Morgan fingerprint density at radius 3 is 2.40 bits per heavy atom. The summed E-state index contributed by atoms with van der Waals surface area (Å²) >= 11 is 0. The third-order valence-electron chi connectivity index (χ3n) is 6.45. The summed E-state index contributed by atoms with van der Waals surface area (Å²) in [7, 11) is 0. The van der Waals surface area contributed by atoms with Crippen LogP contribution in [0.5, 0.6) is 0 Å². The molecule has 35 heavy (non-hydrogen) atoms. The third-order valence-corrected chi connectivity index (χ3v) is 6.45. The number of nitrogens with zero attached hydrogens (tertiary/aromatic N) is 2. The molecule has 6 heteroatoms. The number of amides is 1. The molecule has 3 N–H and O–H groups in total. The maximum absolute atomic E-state index is 13.5. The van der Waals surface area contributed by atoms with Gasteiger partial charge in [-0.15, -0.1) is 0 Å². The van der Waals surface area contributed by atoms with Crippen molar-refractivity contribution >= 4 is 11.6 Å². The van der Waals surface area contributed by atoms with Gasteiger partial charge in [-0.05, 0) is 49.6 Å². The molecule has 1 fully saturated rings. The Balaban J connectivity index is 0.00000167. The number of carbonyl (C=O) groups is 1. The van der Waals surface area contributed by atoms with Crippen LogP contribution in [0, 0.1) is 6.92 Å². The van der Waals surface area contributed by atoms with Gasteiger partial charge in [0.15, 0.2) is 0 Å². The van der Waals surface area contributed by atoms with Crippen molar-refractivity contribution < 1.29 is 9.90 Å². The van der Waals surface area contributed by atoms with Gasteiger partial charge < -0.3 is 15.3 Å². The molecule has 0 saturated carbocycles. The molecule has 1 saturated heterocycles. The van der Waals surface area contributed by atoms with Crippen molar-refractivity contribution in [2.75, 3.05) is 11.9 Å². The lowest BCUT2D eigenvalue weighted by Crippen LogP contribution is -2.56. The number of fused-ring (bicyclic) bond motifs is 1. The van der Waals surface area contributed by atoms with Crippen molar-refractivity contribution in [2.45, 2.75) is 85.2 Å². The lowest BCUT2D eigenvalue weighted by atomic mass is 10.0. The number of hydrazine groups is 1. The van der Waals surface area contributed by atoms with E-state index in [1.54, 1.807) is 6.92 Å². The summed E-state index contributed by atoms with van der Waals surface area (Å²) < 4.78 is 0. The largest absolute Gasteiger partial charge is 0.374 e. The first-order valence-electron chi connectivity index (χ1n) is 13.1. The second-order valence-corrected chi connectivity index (χ2v) is 9.29. The number of nitrogens with one attached hydrogen (secondary N) is 2. The molecule has 6 nitrogen and oxygen atoms in total. The number of aryl methyl sites for hydroxylation is 1. The second-order valence-electron chi connectivity index (χ2n) is 9.29. The van der Waals surface area contributed by atoms with Gasteiger partial charge in [0, 0.05) is 18.8 Å². The van der Waals surface area contributed by atoms with Gasteiger partial charge in [-0.3, -0.25) is 9.80 Å². The van der Waals surface area contributed by atoms with Crippen LogP contribution < -0.4 is 10.7 Å². The summed E-state index contributed by atoms with van der Waals surface area (Å²) in [5.74, 6) is 0.0787. The molecule has 1 amide bonds. The maximum atomic E-state index is 13.5. The van der Waals surface area contributed by atoms with Gasteiger partial charge in [-0.25, -0.2) is 5.43 Å². The molecular weight excluding hydrogens is 436 g/mol.